The number of benzene rings is 1. The van der Waals surface area contributed by atoms with Gasteiger partial charge >= 0.3 is 5.97 Å². The minimum atomic E-state index is -0.853. The molecule has 1 N–H and O–H groups in total. The van der Waals surface area contributed by atoms with Crippen LogP contribution in [0.5, 0.6) is 0 Å². The molecular formula is C13H16O3. The molecule has 0 radical (unpaired) electrons. The average Bonchev–Trinajstić information content (AvgIpc) is 2.30. The third kappa shape index (κ3) is 2.83. The van der Waals surface area contributed by atoms with Crippen molar-refractivity contribution >= 4 is 5.97 Å². The molecule has 0 amide bonds. The molecule has 1 fully saturated rings. The molecule has 1 aromatic carbocycles. The van der Waals surface area contributed by atoms with E-state index in [0.29, 0.717) is 11.5 Å². The molecule has 1 aliphatic heterocycles. The molecule has 1 aromatic rings. The Labute approximate surface area is 95.0 Å². The molecule has 86 valence electrons. The third-order valence-electron chi connectivity index (χ3n) is 3.04. The van der Waals surface area contributed by atoms with Crippen LogP contribution < -0.4 is 0 Å². The second-order valence-corrected chi connectivity index (χ2v) is 4.27. The Morgan fingerprint density at radius 3 is 2.81 bits per heavy atom. The van der Waals surface area contributed by atoms with E-state index in [9.17, 15) is 4.79 Å². The highest BCUT2D eigenvalue weighted by Gasteiger charge is 2.14. The molecule has 1 heterocycles. The minimum absolute atomic E-state index is 0.379. The summed E-state index contributed by atoms with van der Waals surface area (Å²) in [5, 5.41) is 8.90. The first kappa shape index (κ1) is 11.1. The second-order valence-electron chi connectivity index (χ2n) is 4.27. The maximum atomic E-state index is 10.8. The molecule has 3 heteroatoms. The van der Waals surface area contributed by atoms with E-state index in [1.165, 1.54) is 0 Å². The van der Waals surface area contributed by atoms with Crippen molar-refractivity contribution < 1.29 is 14.6 Å². The van der Waals surface area contributed by atoms with Crippen molar-refractivity contribution in [2.45, 2.75) is 19.3 Å². The van der Waals surface area contributed by atoms with Gasteiger partial charge in [-0.2, -0.15) is 0 Å². The van der Waals surface area contributed by atoms with Gasteiger partial charge < -0.3 is 9.84 Å². The van der Waals surface area contributed by atoms with Crippen molar-refractivity contribution in [3.8, 4) is 0 Å². The van der Waals surface area contributed by atoms with E-state index < -0.39 is 5.97 Å². The van der Waals surface area contributed by atoms with Gasteiger partial charge in [0.25, 0.3) is 0 Å². The predicted molar refractivity (Wildman–Crippen MR) is 60.6 cm³/mol. The van der Waals surface area contributed by atoms with Gasteiger partial charge in [-0.1, -0.05) is 12.1 Å². The van der Waals surface area contributed by atoms with Gasteiger partial charge in [0.05, 0.1) is 5.56 Å². The number of rotatable bonds is 3. The smallest absolute Gasteiger partial charge is 0.335 e. The number of carboxylic acids is 1. The van der Waals surface area contributed by atoms with Crippen LogP contribution in [-0.4, -0.2) is 24.3 Å². The van der Waals surface area contributed by atoms with Gasteiger partial charge in [-0.05, 0) is 42.9 Å². The SMILES string of the molecule is O=C(O)c1cccc(CC2CCOCC2)c1. The lowest BCUT2D eigenvalue weighted by molar-refractivity contribution is 0.0662. The highest BCUT2D eigenvalue weighted by molar-refractivity contribution is 5.87. The zero-order chi connectivity index (χ0) is 11.4. The molecule has 0 unspecified atom stereocenters. The Morgan fingerprint density at radius 2 is 2.12 bits per heavy atom. The molecule has 0 atom stereocenters. The second kappa shape index (κ2) is 5.12. The fraction of sp³-hybridized carbons (Fsp3) is 0.462. The van der Waals surface area contributed by atoms with Crippen LogP contribution in [0.2, 0.25) is 0 Å². The molecule has 0 bridgehead atoms. The molecule has 3 nitrogen and oxygen atoms in total. The van der Waals surface area contributed by atoms with E-state index in [-0.39, 0.29) is 0 Å². The van der Waals surface area contributed by atoms with E-state index in [1.807, 2.05) is 12.1 Å². The third-order valence-corrected chi connectivity index (χ3v) is 3.04. The summed E-state index contributed by atoms with van der Waals surface area (Å²) in [7, 11) is 0. The van der Waals surface area contributed by atoms with E-state index in [4.69, 9.17) is 9.84 Å². The highest BCUT2D eigenvalue weighted by Crippen LogP contribution is 2.20. The Morgan fingerprint density at radius 1 is 1.38 bits per heavy atom. The zero-order valence-electron chi connectivity index (χ0n) is 9.19. The highest BCUT2D eigenvalue weighted by atomic mass is 16.5. The lowest BCUT2D eigenvalue weighted by Crippen LogP contribution is -2.17. The Hall–Kier alpha value is -1.35. The first-order chi connectivity index (χ1) is 7.75. The van der Waals surface area contributed by atoms with Crippen LogP contribution in [0, 0.1) is 5.92 Å². The van der Waals surface area contributed by atoms with Gasteiger partial charge in [0.15, 0.2) is 0 Å². The molecule has 0 spiro atoms. The summed E-state index contributed by atoms with van der Waals surface area (Å²) in [6, 6.07) is 7.23. The van der Waals surface area contributed by atoms with Crippen molar-refractivity contribution in [2.24, 2.45) is 5.92 Å². The maximum absolute atomic E-state index is 10.8. The number of hydrogen-bond donors (Lipinski definition) is 1. The Balaban J connectivity index is 2.02. The van der Waals surface area contributed by atoms with Crippen LogP contribution in [-0.2, 0) is 11.2 Å². The fourth-order valence-electron chi connectivity index (χ4n) is 2.12. The lowest BCUT2D eigenvalue weighted by Gasteiger charge is -2.21. The van der Waals surface area contributed by atoms with Crippen LogP contribution in [0.1, 0.15) is 28.8 Å². The molecule has 0 saturated carbocycles. The number of carboxylic acid groups (broad SMARTS) is 1. The van der Waals surface area contributed by atoms with Crippen molar-refractivity contribution in [3.63, 3.8) is 0 Å². The summed E-state index contributed by atoms with van der Waals surface area (Å²) >= 11 is 0. The van der Waals surface area contributed by atoms with Gasteiger partial charge in [0.2, 0.25) is 0 Å². The van der Waals surface area contributed by atoms with Crippen molar-refractivity contribution in [2.75, 3.05) is 13.2 Å². The quantitative estimate of drug-likeness (QED) is 0.850. The maximum Gasteiger partial charge on any atom is 0.335 e. The molecule has 2 rings (SSSR count). The largest absolute Gasteiger partial charge is 0.478 e. The summed E-state index contributed by atoms with van der Waals surface area (Å²) < 4.78 is 5.31. The standard InChI is InChI=1S/C13H16O3/c14-13(15)12-3-1-2-11(9-12)8-10-4-6-16-7-5-10/h1-3,9-10H,4-8H2,(H,14,15). The first-order valence-corrected chi connectivity index (χ1v) is 5.65. The predicted octanol–water partition coefficient (Wildman–Crippen LogP) is 2.35. The normalized spacial score (nSPS) is 17.2. The van der Waals surface area contributed by atoms with Crippen LogP contribution in [0.3, 0.4) is 0 Å². The number of carbonyl (C=O) groups is 1. The number of ether oxygens (including phenoxy) is 1. The summed E-state index contributed by atoms with van der Waals surface area (Å²) in [6.45, 7) is 1.67. The van der Waals surface area contributed by atoms with Gasteiger partial charge in [0, 0.05) is 13.2 Å². The van der Waals surface area contributed by atoms with E-state index in [0.717, 1.165) is 38.0 Å². The summed E-state index contributed by atoms with van der Waals surface area (Å²) in [4.78, 5) is 10.8. The monoisotopic (exact) mass is 220 g/mol. The molecule has 1 saturated heterocycles. The van der Waals surface area contributed by atoms with Crippen molar-refractivity contribution in [1.29, 1.82) is 0 Å². The first-order valence-electron chi connectivity index (χ1n) is 5.65. The minimum Gasteiger partial charge on any atom is -0.478 e. The Kier molecular flexibility index (Phi) is 3.57. The lowest BCUT2D eigenvalue weighted by atomic mass is 9.92. The van der Waals surface area contributed by atoms with E-state index >= 15 is 0 Å². The Bertz CT molecular complexity index is 367. The van der Waals surface area contributed by atoms with Crippen LogP contribution in [0.4, 0.5) is 0 Å². The summed E-state index contributed by atoms with van der Waals surface area (Å²) in [5.74, 6) is -0.216. The zero-order valence-corrected chi connectivity index (χ0v) is 9.19. The molecule has 0 aliphatic carbocycles. The van der Waals surface area contributed by atoms with E-state index in [1.54, 1.807) is 12.1 Å². The molecule has 16 heavy (non-hydrogen) atoms. The molecule has 1 aliphatic rings. The van der Waals surface area contributed by atoms with Crippen LogP contribution in [0.25, 0.3) is 0 Å². The van der Waals surface area contributed by atoms with E-state index in [2.05, 4.69) is 0 Å². The number of hydrogen-bond acceptors (Lipinski definition) is 2. The van der Waals surface area contributed by atoms with Gasteiger partial charge in [-0.3, -0.25) is 0 Å². The van der Waals surface area contributed by atoms with Crippen molar-refractivity contribution in [1.82, 2.24) is 0 Å². The summed E-state index contributed by atoms with van der Waals surface area (Å²) in [5.41, 5.74) is 1.50. The van der Waals surface area contributed by atoms with Crippen LogP contribution >= 0.6 is 0 Å². The van der Waals surface area contributed by atoms with Gasteiger partial charge in [-0.15, -0.1) is 0 Å². The number of aromatic carboxylic acids is 1. The molecule has 0 aromatic heterocycles. The van der Waals surface area contributed by atoms with Gasteiger partial charge in [-0.25, -0.2) is 4.79 Å². The fourth-order valence-corrected chi connectivity index (χ4v) is 2.12. The van der Waals surface area contributed by atoms with Gasteiger partial charge in [0.1, 0.15) is 0 Å². The topological polar surface area (TPSA) is 46.5 Å². The average molecular weight is 220 g/mol. The molecular weight excluding hydrogens is 204 g/mol. The van der Waals surface area contributed by atoms with Crippen molar-refractivity contribution in [3.05, 3.63) is 35.4 Å². The summed E-state index contributed by atoms with van der Waals surface area (Å²) in [6.07, 6.45) is 3.12. The van der Waals surface area contributed by atoms with Crippen LogP contribution in [0.15, 0.2) is 24.3 Å².